The van der Waals surface area contributed by atoms with Crippen molar-refractivity contribution >= 4 is 10.1 Å². The summed E-state index contributed by atoms with van der Waals surface area (Å²) in [4.78, 5) is 0. The van der Waals surface area contributed by atoms with Crippen LogP contribution < -0.4 is 29.6 Å². The second-order valence-electron chi connectivity index (χ2n) is 8.49. The van der Waals surface area contributed by atoms with E-state index in [1.54, 1.807) is 0 Å². The van der Waals surface area contributed by atoms with Crippen molar-refractivity contribution in [2.75, 3.05) is 0 Å². The predicted octanol–water partition coefficient (Wildman–Crippen LogP) is 3.72. The molecule has 4 nitrogen and oxygen atoms in total. The third-order valence-electron chi connectivity index (χ3n) is 5.82. The summed E-state index contributed by atoms with van der Waals surface area (Å²) in [5.41, 5.74) is 0. The molecule has 0 aliphatic heterocycles. The molecule has 1 N–H and O–H groups in total. The van der Waals surface area contributed by atoms with Crippen molar-refractivity contribution < 1.29 is 47.6 Å². The first-order chi connectivity index (χ1) is 13.4. The van der Waals surface area contributed by atoms with Crippen LogP contribution in [0, 0.1) is 0 Å². The number of rotatable bonds is 21. The van der Waals surface area contributed by atoms with Crippen LogP contribution in [0.1, 0.15) is 136 Å². The van der Waals surface area contributed by atoms with Gasteiger partial charge >= 0.3 is 29.6 Å². The summed E-state index contributed by atoms with van der Waals surface area (Å²) in [6, 6.07) is 0. The van der Waals surface area contributed by atoms with Crippen molar-refractivity contribution in [3.8, 4) is 0 Å². The second kappa shape index (κ2) is 22.1. The van der Waals surface area contributed by atoms with E-state index in [1.165, 1.54) is 64.2 Å². The fraction of sp³-hybridized carbons (Fsp3) is 1.00. The van der Waals surface area contributed by atoms with E-state index in [0.29, 0.717) is 25.7 Å². The number of aliphatic hydroxyl groups is 1. The Hall–Kier alpha value is 0.870. The minimum atomic E-state index is -4.20. The molecule has 6 heteroatoms. The Morgan fingerprint density at radius 1 is 0.655 bits per heavy atom. The number of unbranched alkanes of at least 4 members (excludes halogenated alkanes) is 13. The Labute approximate surface area is 204 Å². The van der Waals surface area contributed by atoms with Gasteiger partial charge < -0.3 is 9.66 Å². The quantitative estimate of drug-likeness (QED) is 0.167. The van der Waals surface area contributed by atoms with Crippen molar-refractivity contribution in [1.29, 1.82) is 0 Å². The fourth-order valence-electron chi connectivity index (χ4n) is 3.78. The van der Waals surface area contributed by atoms with Gasteiger partial charge in [0.05, 0.1) is 16.2 Å². The smallest absolute Gasteiger partial charge is 0.748 e. The van der Waals surface area contributed by atoms with E-state index in [2.05, 4.69) is 6.92 Å². The molecule has 0 spiro atoms. The maximum Gasteiger partial charge on any atom is 1.00 e. The Kier molecular flexibility index (Phi) is 24.4. The van der Waals surface area contributed by atoms with Gasteiger partial charge in [-0.15, -0.1) is 0 Å². The zero-order valence-corrected chi connectivity index (χ0v) is 22.5. The van der Waals surface area contributed by atoms with E-state index in [0.717, 1.165) is 32.1 Å². The molecule has 2 atom stereocenters. The molecule has 2 unspecified atom stereocenters. The maximum absolute atomic E-state index is 11.5. The number of hydrogen-bond donors (Lipinski definition) is 1. The molecule has 0 aliphatic carbocycles. The molecule has 0 heterocycles. The monoisotopic (exact) mass is 442 g/mol. The Balaban J connectivity index is 0. The summed E-state index contributed by atoms with van der Waals surface area (Å²) in [5.74, 6) is 0. The Morgan fingerprint density at radius 3 is 1.38 bits per heavy atom. The third kappa shape index (κ3) is 21.9. The third-order valence-corrected chi connectivity index (χ3v) is 7.11. The average molecular weight is 443 g/mol. The van der Waals surface area contributed by atoms with Crippen molar-refractivity contribution in [2.24, 2.45) is 0 Å². The minimum absolute atomic E-state index is 0. The van der Waals surface area contributed by atoms with E-state index in [4.69, 9.17) is 0 Å². The molecule has 0 rings (SSSR count). The fourth-order valence-corrected chi connectivity index (χ4v) is 4.69. The van der Waals surface area contributed by atoms with Gasteiger partial charge in [0, 0.05) is 5.25 Å². The summed E-state index contributed by atoms with van der Waals surface area (Å²) in [5, 5.41) is 8.80. The Morgan fingerprint density at radius 2 is 1.00 bits per heavy atom. The standard InChI is InChI=1S/C23H48O4S.Na/c1-3-5-6-7-8-9-10-11-12-13-14-15-16-20-23(28(25,26)27)21-18-17-19-22(24)4-2;/h22-24H,3-21H2,1-2H3,(H,25,26,27);/q;+1/p-1. The van der Waals surface area contributed by atoms with Gasteiger partial charge in [-0.1, -0.05) is 110 Å². The molecular weight excluding hydrogens is 395 g/mol. The first-order valence-corrected chi connectivity index (χ1v) is 13.5. The zero-order valence-electron chi connectivity index (χ0n) is 19.7. The van der Waals surface area contributed by atoms with Gasteiger partial charge in [0.15, 0.2) is 0 Å². The van der Waals surface area contributed by atoms with Gasteiger partial charge in [-0.3, -0.25) is 0 Å². The van der Waals surface area contributed by atoms with Crippen molar-refractivity contribution in [2.45, 2.75) is 147 Å². The number of aliphatic hydroxyl groups excluding tert-OH is 1. The molecule has 0 bridgehead atoms. The van der Waals surface area contributed by atoms with E-state index in [9.17, 15) is 18.1 Å². The van der Waals surface area contributed by atoms with Gasteiger partial charge in [0.25, 0.3) is 0 Å². The molecule has 0 aromatic carbocycles. The summed E-state index contributed by atoms with van der Waals surface area (Å²) < 4.78 is 34.4. The average Bonchev–Trinajstić information content (AvgIpc) is 2.65. The molecule has 0 aromatic heterocycles. The van der Waals surface area contributed by atoms with Crippen LogP contribution in [0.2, 0.25) is 0 Å². The first kappa shape index (κ1) is 32.1. The van der Waals surface area contributed by atoms with Gasteiger partial charge in [-0.05, 0) is 25.7 Å². The van der Waals surface area contributed by atoms with Crippen molar-refractivity contribution in [3.63, 3.8) is 0 Å². The number of hydrogen-bond acceptors (Lipinski definition) is 4. The second-order valence-corrected chi connectivity index (χ2v) is 10.1. The van der Waals surface area contributed by atoms with Crippen LogP contribution in [0.3, 0.4) is 0 Å². The van der Waals surface area contributed by atoms with E-state index >= 15 is 0 Å². The minimum Gasteiger partial charge on any atom is -0.748 e. The Bertz CT molecular complexity index is 429. The summed E-state index contributed by atoms with van der Waals surface area (Å²) in [6.45, 7) is 4.19. The van der Waals surface area contributed by atoms with Gasteiger partial charge in [-0.25, -0.2) is 8.42 Å². The molecular formula is C23H47NaO4S. The molecule has 0 radical (unpaired) electrons. The summed E-state index contributed by atoms with van der Waals surface area (Å²) in [6.07, 6.45) is 19.9. The van der Waals surface area contributed by atoms with Crippen molar-refractivity contribution in [1.82, 2.24) is 0 Å². The van der Waals surface area contributed by atoms with Crippen LogP contribution in [0.4, 0.5) is 0 Å². The molecule has 29 heavy (non-hydrogen) atoms. The molecule has 0 saturated heterocycles. The first-order valence-electron chi connectivity index (χ1n) is 12.0. The van der Waals surface area contributed by atoms with Crippen LogP contribution in [0.25, 0.3) is 0 Å². The molecule has 170 valence electrons. The van der Waals surface area contributed by atoms with E-state index < -0.39 is 15.4 Å². The maximum atomic E-state index is 11.5. The molecule has 0 fully saturated rings. The normalized spacial score (nSPS) is 13.8. The van der Waals surface area contributed by atoms with E-state index in [-0.39, 0.29) is 35.7 Å². The van der Waals surface area contributed by atoms with Gasteiger partial charge in [-0.2, -0.15) is 0 Å². The SMILES string of the molecule is CCCCCCCCCCCCCCCC(CCCCC(O)CC)S(=O)(=O)[O-].[Na+]. The molecule has 0 amide bonds. The molecule has 0 aromatic rings. The predicted molar refractivity (Wildman–Crippen MR) is 119 cm³/mol. The van der Waals surface area contributed by atoms with Crippen LogP contribution in [-0.2, 0) is 10.1 Å². The summed E-state index contributed by atoms with van der Waals surface area (Å²) in [7, 11) is -4.20. The largest absolute Gasteiger partial charge is 1.00 e. The van der Waals surface area contributed by atoms with Gasteiger partial charge in [0.2, 0.25) is 0 Å². The van der Waals surface area contributed by atoms with Crippen molar-refractivity contribution in [3.05, 3.63) is 0 Å². The summed E-state index contributed by atoms with van der Waals surface area (Å²) >= 11 is 0. The molecule has 0 aliphatic rings. The van der Waals surface area contributed by atoms with Crippen LogP contribution >= 0.6 is 0 Å². The van der Waals surface area contributed by atoms with E-state index in [1.807, 2.05) is 6.92 Å². The topological polar surface area (TPSA) is 77.4 Å². The molecule has 0 saturated carbocycles. The van der Waals surface area contributed by atoms with Crippen LogP contribution in [-0.4, -0.2) is 29.4 Å². The van der Waals surface area contributed by atoms with Gasteiger partial charge in [0.1, 0.15) is 0 Å². The van der Waals surface area contributed by atoms with Crippen LogP contribution in [0.15, 0.2) is 0 Å². The van der Waals surface area contributed by atoms with Crippen LogP contribution in [0.5, 0.6) is 0 Å². The zero-order chi connectivity index (χ0) is 21.1.